The molecule has 3 nitrogen and oxygen atoms in total. The van der Waals surface area contributed by atoms with Gasteiger partial charge in [-0.05, 0) is 36.5 Å². The van der Waals surface area contributed by atoms with Crippen LogP contribution in [-0.2, 0) is 6.54 Å². The molecule has 1 saturated heterocycles. The maximum atomic E-state index is 4.12. The Morgan fingerprint density at radius 2 is 1.95 bits per heavy atom. The molecule has 2 heterocycles. The van der Waals surface area contributed by atoms with Gasteiger partial charge in [0.1, 0.15) is 0 Å². The number of aromatic nitrogens is 1. The van der Waals surface area contributed by atoms with E-state index in [9.17, 15) is 0 Å². The highest BCUT2D eigenvalue weighted by molar-refractivity contribution is 5.11. The average molecular weight is 275 g/mol. The Kier molecular flexibility index (Phi) is 5.17. The van der Waals surface area contributed by atoms with Gasteiger partial charge in [-0.15, -0.1) is 0 Å². The first kappa shape index (κ1) is 15.5. The summed E-state index contributed by atoms with van der Waals surface area (Å²) in [6.45, 7) is 12.5. The molecule has 112 valence electrons. The van der Waals surface area contributed by atoms with Crippen molar-refractivity contribution in [1.82, 2.24) is 15.2 Å². The van der Waals surface area contributed by atoms with Gasteiger partial charge in [0, 0.05) is 43.6 Å². The lowest BCUT2D eigenvalue weighted by molar-refractivity contribution is 0.0443. The molecular formula is C17H29N3. The van der Waals surface area contributed by atoms with Gasteiger partial charge in [0.25, 0.3) is 0 Å². The van der Waals surface area contributed by atoms with Gasteiger partial charge < -0.3 is 5.32 Å². The van der Waals surface area contributed by atoms with Gasteiger partial charge in [-0.3, -0.25) is 9.88 Å². The quantitative estimate of drug-likeness (QED) is 0.895. The van der Waals surface area contributed by atoms with Crippen LogP contribution in [0.2, 0.25) is 0 Å². The van der Waals surface area contributed by atoms with Gasteiger partial charge in [0.15, 0.2) is 0 Å². The molecule has 1 unspecified atom stereocenters. The molecule has 0 bridgehead atoms. The van der Waals surface area contributed by atoms with Crippen LogP contribution in [0.3, 0.4) is 0 Å². The van der Waals surface area contributed by atoms with Crippen LogP contribution in [0.1, 0.15) is 46.1 Å². The number of nitrogens with zero attached hydrogens (tertiary/aromatic N) is 2. The number of pyridine rings is 1. The molecule has 1 aromatic rings. The van der Waals surface area contributed by atoms with Crippen LogP contribution in [0.5, 0.6) is 0 Å². The van der Waals surface area contributed by atoms with E-state index in [1.807, 2.05) is 12.4 Å². The first-order chi connectivity index (χ1) is 9.60. The zero-order valence-electron chi connectivity index (χ0n) is 13.4. The molecule has 3 heteroatoms. The van der Waals surface area contributed by atoms with E-state index in [0.29, 0.717) is 17.5 Å². The molecule has 0 spiro atoms. The minimum Gasteiger partial charge on any atom is -0.308 e. The molecule has 0 saturated carbocycles. The summed E-state index contributed by atoms with van der Waals surface area (Å²) >= 11 is 0. The predicted molar refractivity (Wildman–Crippen MR) is 84.6 cm³/mol. The zero-order valence-corrected chi connectivity index (χ0v) is 13.4. The van der Waals surface area contributed by atoms with Crippen molar-refractivity contribution in [2.24, 2.45) is 5.92 Å². The summed E-state index contributed by atoms with van der Waals surface area (Å²) in [5, 5.41) is 3.83. The third-order valence-electron chi connectivity index (χ3n) is 4.92. The SMILES string of the molecule is CCC1(CC)CN(Cc2ccncc2)C(C(C)C)CN1. The van der Waals surface area contributed by atoms with E-state index in [-0.39, 0.29) is 0 Å². The molecule has 0 aromatic carbocycles. The maximum absolute atomic E-state index is 4.12. The largest absolute Gasteiger partial charge is 0.308 e. The smallest absolute Gasteiger partial charge is 0.0304 e. The highest BCUT2D eigenvalue weighted by atomic mass is 15.3. The summed E-state index contributed by atoms with van der Waals surface area (Å²) in [6, 6.07) is 4.90. The lowest BCUT2D eigenvalue weighted by Crippen LogP contribution is -2.64. The van der Waals surface area contributed by atoms with Gasteiger partial charge in [-0.2, -0.15) is 0 Å². The summed E-state index contributed by atoms with van der Waals surface area (Å²) < 4.78 is 0. The highest BCUT2D eigenvalue weighted by Crippen LogP contribution is 2.26. The topological polar surface area (TPSA) is 28.2 Å². The molecule has 0 amide bonds. The van der Waals surface area contributed by atoms with Crippen molar-refractivity contribution in [3.63, 3.8) is 0 Å². The van der Waals surface area contributed by atoms with Crippen molar-refractivity contribution >= 4 is 0 Å². The van der Waals surface area contributed by atoms with E-state index in [1.165, 1.54) is 18.4 Å². The Balaban J connectivity index is 2.15. The molecule has 0 radical (unpaired) electrons. The zero-order chi connectivity index (χ0) is 14.6. The molecule has 1 aliphatic rings. The minimum atomic E-state index is 0.290. The van der Waals surface area contributed by atoms with Crippen molar-refractivity contribution in [3.05, 3.63) is 30.1 Å². The second-order valence-electron chi connectivity index (χ2n) is 6.44. The molecule has 1 N–H and O–H groups in total. The lowest BCUT2D eigenvalue weighted by atomic mass is 9.86. The van der Waals surface area contributed by atoms with Crippen molar-refractivity contribution in [2.75, 3.05) is 13.1 Å². The van der Waals surface area contributed by atoms with Crippen molar-refractivity contribution < 1.29 is 0 Å². The first-order valence-electron chi connectivity index (χ1n) is 7.98. The Morgan fingerprint density at radius 3 is 2.50 bits per heavy atom. The fourth-order valence-corrected chi connectivity index (χ4v) is 3.29. The average Bonchev–Trinajstić information content (AvgIpc) is 2.48. The molecule has 1 fully saturated rings. The number of hydrogen-bond acceptors (Lipinski definition) is 3. The Hall–Kier alpha value is -0.930. The van der Waals surface area contributed by atoms with E-state index >= 15 is 0 Å². The predicted octanol–water partition coefficient (Wildman–Crippen LogP) is 3.07. The monoisotopic (exact) mass is 275 g/mol. The van der Waals surface area contributed by atoms with Crippen molar-refractivity contribution in [2.45, 2.75) is 58.7 Å². The van der Waals surface area contributed by atoms with Crippen LogP contribution in [0, 0.1) is 5.92 Å². The minimum absolute atomic E-state index is 0.290. The second kappa shape index (κ2) is 6.68. The normalized spacial score (nSPS) is 23.1. The second-order valence-corrected chi connectivity index (χ2v) is 6.44. The summed E-state index contributed by atoms with van der Waals surface area (Å²) in [6.07, 6.45) is 6.19. The molecule has 1 aliphatic heterocycles. The Labute approximate surface area is 123 Å². The van der Waals surface area contributed by atoms with E-state index in [0.717, 1.165) is 19.6 Å². The summed E-state index contributed by atoms with van der Waals surface area (Å²) in [4.78, 5) is 6.79. The number of piperazine rings is 1. The Bertz CT molecular complexity index is 398. The van der Waals surface area contributed by atoms with E-state index in [4.69, 9.17) is 0 Å². The van der Waals surface area contributed by atoms with Crippen molar-refractivity contribution in [3.8, 4) is 0 Å². The lowest BCUT2D eigenvalue weighted by Gasteiger charge is -2.49. The van der Waals surface area contributed by atoms with Crippen LogP contribution < -0.4 is 5.32 Å². The fraction of sp³-hybridized carbons (Fsp3) is 0.706. The van der Waals surface area contributed by atoms with Gasteiger partial charge in [0.05, 0.1) is 0 Å². The maximum Gasteiger partial charge on any atom is 0.0304 e. The van der Waals surface area contributed by atoms with E-state index in [2.05, 4.69) is 55.0 Å². The molecular weight excluding hydrogens is 246 g/mol. The molecule has 0 aliphatic carbocycles. The molecule has 1 atom stereocenters. The van der Waals surface area contributed by atoms with Gasteiger partial charge >= 0.3 is 0 Å². The number of hydrogen-bond donors (Lipinski definition) is 1. The third kappa shape index (κ3) is 3.39. The molecule has 2 rings (SSSR count). The number of nitrogens with one attached hydrogen (secondary N) is 1. The summed E-state index contributed by atoms with van der Waals surface area (Å²) in [7, 11) is 0. The summed E-state index contributed by atoms with van der Waals surface area (Å²) in [5.74, 6) is 0.677. The third-order valence-corrected chi connectivity index (χ3v) is 4.92. The fourth-order valence-electron chi connectivity index (χ4n) is 3.29. The van der Waals surface area contributed by atoms with Crippen LogP contribution in [0.15, 0.2) is 24.5 Å². The van der Waals surface area contributed by atoms with Gasteiger partial charge in [0.2, 0.25) is 0 Å². The van der Waals surface area contributed by atoms with Crippen molar-refractivity contribution in [1.29, 1.82) is 0 Å². The molecule has 1 aromatic heterocycles. The van der Waals surface area contributed by atoms with Gasteiger partial charge in [-0.1, -0.05) is 27.7 Å². The van der Waals surface area contributed by atoms with E-state index in [1.54, 1.807) is 0 Å². The first-order valence-corrected chi connectivity index (χ1v) is 7.98. The standard InChI is InChI=1S/C17H29N3/c1-5-17(6-2)13-20(16(11-19-17)14(3)4)12-15-7-9-18-10-8-15/h7-10,14,16,19H,5-6,11-13H2,1-4H3. The van der Waals surface area contributed by atoms with Crippen LogP contribution in [-0.4, -0.2) is 34.6 Å². The van der Waals surface area contributed by atoms with Gasteiger partial charge in [-0.25, -0.2) is 0 Å². The molecule has 20 heavy (non-hydrogen) atoms. The number of rotatable bonds is 5. The summed E-state index contributed by atoms with van der Waals surface area (Å²) in [5.41, 5.74) is 1.66. The van der Waals surface area contributed by atoms with Crippen LogP contribution in [0.25, 0.3) is 0 Å². The van der Waals surface area contributed by atoms with E-state index < -0.39 is 0 Å². The van der Waals surface area contributed by atoms with Crippen LogP contribution >= 0.6 is 0 Å². The van der Waals surface area contributed by atoms with Crippen LogP contribution in [0.4, 0.5) is 0 Å². The Morgan fingerprint density at radius 1 is 1.30 bits per heavy atom. The highest BCUT2D eigenvalue weighted by Gasteiger charge is 2.37.